The molecule has 2 unspecified atom stereocenters. The zero-order chi connectivity index (χ0) is 15.1. The second-order valence-electron chi connectivity index (χ2n) is 6.42. The summed E-state index contributed by atoms with van der Waals surface area (Å²) in [6, 6.07) is 6.60. The smallest absolute Gasteiger partial charge is 0.175 e. The highest BCUT2D eigenvalue weighted by atomic mass is 32.2. The molecule has 0 radical (unpaired) electrons. The minimum Gasteiger partial charge on any atom is -0.388 e. The fourth-order valence-electron chi connectivity index (χ4n) is 3.44. The number of aliphatic hydroxyl groups is 1. The Morgan fingerprint density at radius 3 is 2.48 bits per heavy atom. The number of ether oxygens (including phenoxy) is 1. The average Bonchev–Trinajstić information content (AvgIpc) is 2.44. The molecular weight excluding hydrogens is 288 g/mol. The van der Waals surface area contributed by atoms with Gasteiger partial charge in [0.2, 0.25) is 0 Å². The van der Waals surface area contributed by atoms with Gasteiger partial charge in [0.15, 0.2) is 9.84 Å². The van der Waals surface area contributed by atoms with E-state index in [4.69, 9.17) is 4.74 Å². The van der Waals surface area contributed by atoms with Gasteiger partial charge in [0.25, 0.3) is 0 Å². The molecule has 1 saturated heterocycles. The molecule has 116 valence electrons. The van der Waals surface area contributed by atoms with E-state index in [-0.39, 0.29) is 11.5 Å². The van der Waals surface area contributed by atoms with Crippen molar-refractivity contribution in [3.05, 3.63) is 29.8 Å². The highest BCUT2D eigenvalue weighted by molar-refractivity contribution is 7.90. The van der Waals surface area contributed by atoms with Crippen LogP contribution in [0.2, 0.25) is 0 Å². The number of benzene rings is 1. The number of sulfone groups is 1. The second-order valence-corrected chi connectivity index (χ2v) is 8.44. The number of hydrogen-bond acceptors (Lipinski definition) is 4. The van der Waals surface area contributed by atoms with Gasteiger partial charge in [-0.25, -0.2) is 8.42 Å². The molecule has 1 heterocycles. The van der Waals surface area contributed by atoms with Gasteiger partial charge in [0, 0.05) is 12.9 Å². The highest BCUT2D eigenvalue weighted by Crippen LogP contribution is 2.47. The normalized spacial score (nSPS) is 26.3. The first-order valence-electron chi connectivity index (χ1n) is 7.52. The van der Waals surface area contributed by atoms with Crippen molar-refractivity contribution >= 4 is 9.84 Å². The van der Waals surface area contributed by atoms with Crippen LogP contribution in [0.15, 0.2) is 29.2 Å². The molecule has 21 heavy (non-hydrogen) atoms. The van der Waals surface area contributed by atoms with Crippen LogP contribution in [0.5, 0.6) is 0 Å². The largest absolute Gasteiger partial charge is 0.388 e. The van der Waals surface area contributed by atoms with E-state index in [9.17, 15) is 13.5 Å². The lowest BCUT2D eigenvalue weighted by molar-refractivity contribution is -0.157. The molecule has 1 N–H and O–H groups in total. The first-order chi connectivity index (χ1) is 9.90. The molecule has 0 bridgehead atoms. The van der Waals surface area contributed by atoms with Crippen LogP contribution in [0, 0.1) is 5.92 Å². The van der Waals surface area contributed by atoms with Gasteiger partial charge >= 0.3 is 0 Å². The van der Waals surface area contributed by atoms with Crippen molar-refractivity contribution in [3.8, 4) is 0 Å². The molecule has 0 aromatic heterocycles. The van der Waals surface area contributed by atoms with Crippen molar-refractivity contribution in [2.75, 3.05) is 12.9 Å². The molecule has 2 fully saturated rings. The number of hydrogen-bond donors (Lipinski definition) is 1. The van der Waals surface area contributed by atoms with E-state index in [0.717, 1.165) is 31.2 Å². The van der Waals surface area contributed by atoms with Crippen molar-refractivity contribution in [3.63, 3.8) is 0 Å². The molecule has 1 aromatic rings. The lowest BCUT2D eigenvalue weighted by Gasteiger charge is -2.48. The summed E-state index contributed by atoms with van der Waals surface area (Å²) >= 11 is 0. The van der Waals surface area contributed by atoms with E-state index < -0.39 is 15.9 Å². The van der Waals surface area contributed by atoms with E-state index in [1.807, 2.05) is 0 Å². The molecule has 0 amide bonds. The standard InChI is InChI=1S/C16H22O4S/c1-21(18,19)14-5-3-12(4-6-14)15(17)13-7-10-20-16(11-13)8-2-9-16/h3-6,13,15,17H,2,7-11H2,1H3. The van der Waals surface area contributed by atoms with E-state index in [2.05, 4.69) is 0 Å². The molecule has 1 aliphatic carbocycles. The van der Waals surface area contributed by atoms with E-state index in [1.54, 1.807) is 24.3 Å². The summed E-state index contributed by atoms with van der Waals surface area (Å²) in [6.45, 7) is 0.711. The summed E-state index contributed by atoms with van der Waals surface area (Å²) in [5, 5.41) is 10.6. The van der Waals surface area contributed by atoms with Crippen LogP contribution in [-0.2, 0) is 14.6 Å². The maximum atomic E-state index is 11.5. The predicted octanol–water partition coefficient (Wildman–Crippen LogP) is 2.47. The van der Waals surface area contributed by atoms with Crippen molar-refractivity contribution < 1.29 is 18.3 Å². The van der Waals surface area contributed by atoms with Crippen LogP contribution in [0.25, 0.3) is 0 Å². The molecule has 1 aromatic carbocycles. The van der Waals surface area contributed by atoms with Gasteiger partial charge < -0.3 is 9.84 Å². The number of rotatable bonds is 3. The molecule has 1 aliphatic heterocycles. The Balaban J connectivity index is 1.74. The van der Waals surface area contributed by atoms with Crippen LogP contribution < -0.4 is 0 Å². The summed E-state index contributed by atoms with van der Waals surface area (Å²) in [6.07, 6.45) is 5.83. The SMILES string of the molecule is CS(=O)(=O)c1ccc(C(O)C2CCOC3(CCC3)C2)cc1. The lowest BCUT2D eigenvalue weighted by atomic mass is 9.70. The predicted molar refractivity (Wildman–Crippen MR) is 79.8 cm³/mol. The van der Waals surface area contributed by atoms with E-state index >= 15 is 0 Å². The molecule has 4 nitrogen and oxygen atoms in total. The molecule has 5 heteroatoms. The number of aliphatic hydroxyl groups excluding tert-OH is 1. The van der Waals surface area contributed by atoms with Gasteiger partial charge in [-0.15, -0.1) is 0 Å². The Morgan fingerprint density at radius 1 is 1.29 bits per heavy atom. The molecule has 2 atom stereocenters. The summed E-state index contributed by atoms with van der Waals surface area (Å²) < 4.78 is 28.8. The molecule has 2 aliphatic rings. The molecule has 1 spiro atoms. The van der Waals surface area contributed by atoms with Gasteiger partial charge in [-0.1, -0.05) is 12.1 Å². The lowest BCUT2D eigenvalue weighted by Crippen LogP contribution is -2.46. The van der Waals surface area contributed by atoms with Gasteiger partial charge in [-0.05, 0) is 55.7 Å². The van der Waals surface area contributed by atoms with Crippen molar-refractivity contribution in [1.82, 2.24) is 0 Å². The van der Waals surface area contributed by atoms with Gasteiger partial charge in [0.1, 0.15) is 0 Å². The quantitative estimate of drug-likeness (QED) is 0.931. The van der Waals surface area contributed by atoms with Crippen LogP contribution in [0.1, 0.15) is 43.8 Å². The first-order valence-corrected chi connectivity index (χ1v) is 9.41. The summed E-state index contributed by atoms with van der Waals surface area (Å²) in [4.78, 5) is 0.292. The fraction of sp³-hybridized carbons (Fsp3) is 0.625. The maximum absolute atomic E-state index is 11.5. The fourth-order valence-corrected chi connectivity index (χ4v) is 4.07. The summed E-state index contributed by atoms with van der Waals surface area (Å²) in [7, 11) is -3.19. The van der Waals surface area contributed by atoms with Crippen molar-refractivity contribution in [1.29, 1.82) is 0 Å². The topological polar surface area (TPSA) is 63.6 Å². The van der Waals surface area contributed by atoms with E-state index in [0.29, 0.717) is 11.5 Å². The summed E-state index contributed by atoms with van der Waals surface area (Å²) in [5.74, 6) is 0.197. The Kier molecular flexibility index (Phi) is 3.84. The zero-order valence-electron chi connectivity index (χ0n) is 12.3. The molecular formula is C16H22O4S. The first kappa shape index (κ1) is 15.0. The minimum absolute atomic E-state index is 0.0105. The van der Waals surface area contributed by atoms with Crippen LogP contribution in [0.4, 0.5) is 0 Å². The van der Waals surface area contributed by atoms with Crippen LogP contribution >= 0.6 is 0 Å². The Labute approximate surface area is 126 Å². The monoisotopic (exact) mass is 310 g/mol. The van der Waals surface area contributed by atoms with Gasteiger partial charge in [-0.2, -0.15) is 0 Å². The average molecular weight is 310 g/mol. The third-order valence-corrected chi connectivity index (χ3v) is 6.02. The Bertz CT molecular complexity index is 602. The second kappa shape index (κ2) is 5.38. The van der Waals surface area contributed by atoms with Crippen molar-refractivity contribution in [2.45, 2.75) is 48.7 Å². The Hall–Kier alpha value is -0.910. The van der Waals surface area contributed by atoms with Gasteiger partial charge in [0.05, 0.1) is 16.6 Å². The maximum Gasteiger partial charge on any atom is 0.175 e. The third-order valence-electron chi connectivity index (χ3n) is 4.89. The minimum atomic E-state index is -3.19. The van der Waals surface area contributed by atoms with E-state index in [1.165, 1.54) is 12.7 Å². The molecule has 3 rings (SSSR count). The van der Waals surface area contributed by atoms with Crippen LogP contribution in [-0.4, -0.2) is 32.0 Å². The molecule has 1 saturated carbocycles. The zero-order valence-corrected chi connectivity index (χ0v) is 13.1. The Morgan fingerprint density at radius 2 is 1.95 bits per heavy atom. The highest BCUT2D eigenvalue weighted by Gasteiger charge is 2.44. The summed E-state index contributed by atoms with van der Waals surface area (Å²) in [5.41, 5.74) is 0.806. The third kappa shape index (κ3) is 3.00. The van der Waals surface area contributed by atoms with Crippen molar-refractivity contribution in [2.24, 2.45) is 5.92 Å². The van der Waals surface area contributed by atoms with Crippen LogP contribution in [0.3, 0.4) is 0 Å². The van der Waals surface area contributed by atoms with Gasteiger partial charge in [-0.3, -0.25) is 0 Å².